The lowest BCUT2D eigenvalue weighted by Gasteiger charge is -2.38. The van der Waals surface area contributed by atoms with Crippen LogP contribution in [0.3, 0.4) is 0 Å². The van der Waals surface area contributed by atoms with Crippen LogP contribution in [0.5, 0.6) is 5.88 Å². The normalized spacial score (nSPS) is 16.5. The second-order valence-electron chi connectivity index (χ2n) is 7.98. The molecular weight excluding hydrogens is 374 g/mol. The molecule has 30 heavy (non-hydrogen) atoms. The van der Waals surface area contributed by atoms with Crippen molar-refractivity contribution in [3.05, 3.63) is 78.7 Å². The molecule has 0 atom stereocenters. The molecule has 5 nitrogen and oxygen atoms in total. The standard InChI is InChI=1S/C25H25N3O2/c26-25(11-4-12-25)20-9-7-19(8-10-20)23-21(18-5-2-1-3-6-18)17-22-24(27-23)30-16-14-28(22)13-15-29/h1-3,5-10,14,16-17,29H,4,11-13,15,26H2. The average Bonchev–Trinajstić information content (AvgIpc) is 2.78. The van der Waals surface area contributed by atoms with Crippen LogP contribution >= 0.6 is 0 Å². The molecule has 5 heteroatoms. The van der Waals surface area contributed by atoms with Crippen LogP contribution in [0.2, 0.25) is 0 Å². The first-order chi connectivity index (χ1) is 14.7. The van der Waals surface area contributed by atoms with Gasteiger partial charge < -0.3 is 20.5 Å². The maximum absolute atomic E-state index is 9.43. The van der Waals surface area contributed by atoms with Crippen molar-refractivity contribution < 1.29 is 9.84 Å². The van der Waals surface area contributed by atoms with Crippen molar-refractivity contribution in [2.75, 3.05) is 18.1 Å². The molecule has 0 amide bonds. The maximum Gasteiger partial charge on any atom is 0.243 e. The third kappa shape index (κ3) is 3.26. The minimum absolute atomic E-state index is 0.0501. The fourth-order valence-corrected chi connectivity index (χ4v) is 4.19. The third-order valence-electron chi connectivity index (χ3n) is 6.10. The lowest BCUT2D eigenvalue weighted by atomic mass is 9.72. The first-order valence-electron chi connectivity index (χ1n) is 10.4. The molecule has 2 aromatic carbocycles. The van der Waals surface area contributed by atoms with E-state index in [-0.39, 0.29) is 12.1 Å². The summed E-state index contributed by atoms with van der Waals surface area (Å²) in [5.74, 6) is 0.541. The van der Waals surface area contributed by atoms with Crippen LogP contribution in [0.1, 0.15) is 24.8 Å². The summed E-state index contributed by atoms with van der Waals surface area (Å²) in [6, 6.07) is 20.8. The number of fused-ring (bicyclic) bond motifs is 1. The number of hydrogen-bond acceptors (Lipinski definition) is 5. The molecule has 152 valence electrons. The van der Waals surface area contributed by atoms with Gasteiger partial charge in [0.25, 0.3) is 0 Å². The van der Waals surface area contributed by atoms with Gasteiger partial charge in [-0.25, -0.2) is 4.98 Å². The zero-order chi connectivity index (χ0) is 20.6. The number of pyridine rings is 1. The Bertz CT molecular complexity index is 1070. The number of rotatable bonds is 5. The van der Waals surface area contributed by atoms with Gasteiger partial charge >= 0.3 is 0 Å². The third-order valence-corrected chi connectivity index (χ3v) is 6.10. The highest BCUT2D eigenvalue weighted by molar-refractivity contribution is 5.85. The molecule has 3 aromatic rings. The Morgan fingerprint density at radius 1 is 1.03 bits per heavy atom. The first kappa shape index (κ1) is 18.9. The van der Waals surface area contributed by atoms with E-state index in [0.29, 0.717) is 12.4 Å². The van der Waals surface area contributed by atoms with Crippen molar-refractivity contribution in [2.45, 2.75) is 24.8 Å². The van der Waals surface area contributed by atoms with Gasteiger partial charge in [-0.3, -0.25) is 0 Å². The summed E-state index contributed by atoms with van der Waals surface area (Å²) in [6.45, 7) is 0.532. The van der Waals surface area contributed by atoms with Gasteiger partial charge in [-0.2, -0.15) is 0 Å². The van der Waals surface area contributed by atoms with Gasteiger partial charge in [0.05, 0.1) is 12.3 Å². The minimum Gasteiger partial charge on any atom is -0.443 e. The van der Waals surface area contributed by atoms with Crippen LogP contribution in [0.25, 0.3) is 22.4 Å². The summed E-state index contributed by atoms with van der Waals surface area (Å²) in [5.41, 5.74) is 12.4. The molecule has 1 aliphatic heterocycles. The molecular formula is C25H25N3O2. The van der Waals surface area contributed by atoms with Gasteiger partial charge in [0.1, 0.15) is 11.9 Å². The summed E-state index contributed by atoms with van der Waals surface area (Å²) in [5, 5.41) is 9.43. The molecule has 0 spiro atoms. The predicted molar refractivity (Wildman–Crippen MR) is 119 cm³/mol. The van der Waals surface area contributed by atoms with Crippen LogP contribution < -0.4 is 15.4 Å². The van der Waals surface area contributed by atoms with E-state index >= 15 is 0 Å². The van der Waals surface area contributed by atoms with Crippen LogP contribution in [0.4, 0.5) is 5.69 Å². The van der Waals surface area contributed by atoms with Crippen molar-refractivity contribution >= 4 is 5.69 Å². The smallest absolute Gasteiger partial charge is 0.243 e. The first-order valence-corrected chi connectivity index (χ1v) is 10.4. The topological polar surface area (TPSA) is 71.6 Å². The number of β-amino-alcohol motifs (C(OH)–C–C–N with tert-alkyl or cyclic N) is 1. The lowest BCUT2D eigenvalue weighted by molar-refractivity contribution is 0.253. The van der Waals surface area contributed by atoms with Crippen LogP contribution in [0.15, 0.2) is 73.1 Å². The fourth-order valence-electron chi connectivity index (χ4n) is 4.19. The van der Waals surface area contributed by atoms with Gasteiger partial charge in [0.15, 0.2) is 0 Å². The molecule has 2 heterocycles. The molecule has 0 bridgehead atoms. The van der Waals surface area contributed by atoms with Crippen molar-refractivity contribution in [3.8, 4) is 28.3 Å². The van der Waals surface area contributed by atoms with E-state index in [1.54, 1.807) is 6.26 Å². The largest absolute Gasteiger partial charge is 0.443 e. The van der Waals surface area contributed by atoms with Gasteiger partial charge in [-0.15, -0.1) is 0 Å². The van der Waals surface area contributed by atoms with E-state index in [9.17, 15) is 5.11 Å². The van der Waals surface area contributed by atoms with Gasteiger partial charge in [0.2, 0.25) is 5.88 Å². The van der Waals surface area contributed by atoms with Crippen molar-refractivity contribution in [2.24, 2.45) is 5.73 Å². The Hall–Kier alpha value is -3.15. The molecule has 0 unspecified atom stereocenters. The Balaban J connectivity index is 1.62. The summed E-state index contributed by atoms with van der Waals surface area (Å²) < 4.78 is 5.72. The highest BCUT2D eigenvalue weighted by Crippen LogP contribution is 2.42. The molecule has 5 rings (SSSR count). The van der Waals surface area contributed by atoms with Crippen LogP contribution in [-0.2, 0) is 5.54 Å². The minimum atomic E-state index is -0.178. The molecule has 1 saturated carbocycles. The zero-order valence-electron chi connectivity index (χ0n) is 16.8. The van der Waals surface area contributed by atoms with E-state index < -0.39 is 0 Å². The number of aromatic nitrogens is 1. The van der Waals surface area contributed by atoms with Gasteiger partial charge in [-0.1, -0.05) is 54.6 Å². The Morgan fingerprint density at radius 2 is 1.80 bits per heavy atom. The summed E-state index contributed by atoms with van der Waals surface area (Å²) in [7, 11) is 0. The molecule has 0 radical (unpaired) electrons. The molecule has 2 aliphatic rings. The number of ether oxygens (including phenoxy) is 1. The monoisotopic (exact) mass is 399 g/mol. The van der Waals surface area contributed by atoms with E-state index in [2.05, 4.69) is 42.5 Å². The van der Waals surface area contributed by atoms with Crippen molar-refractivity contribution in [1.29, 1.82) is 0 Å². The predicted octanol–water partition coefficient (Wildman–Crippen LogP) is 4.42. The van der Waals surface area contributed by atoms with Crippen molar-refractivity contribution in [3.63, 3.8) is 0 Å². The Labute approximate surface area is 176 Å². The number of aliphatic hydroxyl groups is 1. The zero-order valence-corrected chi connectivity index (χ0v) is 16.8. The number of hydrogen-bond donors (Lipinski definition) is 2. The van der Waals surface area contributed by atoms with E-state index in [1.807, 2.05) is 29.3 Å². The number of anilines is 1. The summed E-state index contributed by atoms with van der Waals surface area (Å²) in [6.07, 6.45) is 6.70. The maximum atomic E-state index is 9.43. The van der Waals surface area contributed by atoms with Crippen molar-refractivity contribution in [1.82, 2.24) is 4.98 Å². The van der Waals surface area contributed by atoms with Crippen LogP contribution in [-0.4, -0.2) is 23.2 Å². The molecule has 0 saturated heterocycles. The lowest BCUT2D eigenvalue weighted by Crippen LogP contribution is -2.43. The molecule has 1 fully saturated rings. The van der Waals surface area contributed by atoms with E-state index in [4.69, 9.17) is 15.5 Å². The fraction of sp³-hybridized carbons (Fsp3) is 0.240. The SMILES string of the molecule is NC1(c2ccc(-c3nc4c(cc3-c3ccccc3)N(CCO)C=CO4)cc2)CCC1. The quantitative estimate of drug-likeness (QED) is 0.665. The molecule has 1 aromatic heterocycles. The Morgan fingerprint density at radius 3 is 2.47 bits per heavy atom. The Kier molecular flexibility index (Phi) is 4.77. The summed E-state index contributed by atoms with van der Waals surface area (Å²) in [4.78, 5) is 6.85. The van der Waals surface area contributed by atoms with Crippen LogP contribution in [0, 0.1) is 0 Å². The van der Waals surface area contributed by atoms with E-state index in [1.165, 1.54) is 12.0 Å². The number of nitrogens with two attached hydrogens (primary N) is 1. The number of benzene rings is 2. The van der Waals surface area contributed by atoms with Gasteiger partial charge in [-0.05, 0) is 36.5 Å². The van der Waals surface area contributed by atoms with Gasteiger partial charge in [0, 0.05) is 29.4 Å². The number of nitrogens with zero attached hydrogens (tertiary/aromatic N) is 2. The number of aliphatic hydroxyl groups excluding tert-OH is 1. The molecule has 3 N–H and O–H groups in total. The molecule has 1 aliphatic carbocycles. The second kappa shape index (κ2) is 7.59. The summed E-state index contributed by atoms with van der Waals surface area (Å²) >= 11 is 0. The highest BCUT2D eigenvalue weighted by atomic mass is 16.5. The second-order valence-corrected chi connectivity index (χ2v) is 7.98. The highest BCUT2D eigenvalue weighted by Gasteiger charge is 2.34. The van der Waals surface area contributed by atoms with E-state index in [0.717, 1.165) is 40.9 Å². The average molecular weight is 399 g/mol.